The summed E-state index contributed by atoms with van der Waals surface area (Å²) in [5.41, 5.74) is 0.632. The summed E-state index contributed by atoms with van der Waals surface area (Å²) < 4.78 is 0. The van der Waals surface area contributed by atoms with Gasteiger partial charge in [0, 0.05) is 33.8 Å². The summed E-state index contributed by atoms with van der Waals surface area (Å²) in [5, 5.41) is 20.4. The van der Waals surface area contributed by atoms with Crippen molar-refractivity contribution in [2.24, 2.45) is 0 Å². The molecule has 0 spiro atoms. The van der Waals surface area contributed by atoms with E-state index in [9.17, 15) is 5.26 Å². The van der Waals surface area contributed by atoms with Crippen molar-refractivity contribution in [1.29, 1.82) is 5.26 Å². The second-order valence-corrected chi connectivity index (χ2v) is 11.8. The Bertz CT molecular complexity index is 1290. The average Bonchev–Trinajstić information content (AvgIpc) is 3.54. The van der Waals surface area contributed by atoms with Gasteiger partial charge < -0.3 is 0 Å². The molecule has 0 aliphatic carbocycles. The molecule has 0 radical (unpaired) electrons. The van der Waals surface area contributed by atoms with Gasteiger partial charge >= 0.3 is 0 Å². The predicted octanol–water partition coefficient (Wildman–Crippen LogP) is 5.29. The number of hydrogen-bond donors (Lipinski definition) is 0. The first kappa shape index (κ1) is 19.0. The number of rotatable bonds is 4. The average molecular weight is 442 g/mol. The van der Waals surface area contributed by atoms with Gasteiger partial charge in [-0.15, -0.1) is 22.7 Å². The highest BCUT2D eigenvalue weighted by molar-refractivity contribution is 7.98. The number of benzene rings is 2. The van der Waals surface area contributed by atoms with E-state index in [-0.39, 0.29) is 0 Å². The molecule has 0 amide bonds. The van der Waals surface area contributed by atoms with Crippen molar-refractivity contribution < 1.29 is 0 Å². The van der Waals surface area contributed by atoms with Crippen molar-refractivity contribution in [3.8, 4) is 6.07 Å². The van der Waals surface area contributed by atoms with Crippen LogP contribution in [0.5, 0.6) is 0 Å². The molecule has 0 saturated heterocycles. The van der Waals surface area contributed by atoms with E-state index in [0.29, 0.717) is 5.57 Å². The van der Waals surface area contributed by atoms with Crippen LogP contribution in [-0.4, -0.2) is 15.3 Å². The van der Waals surface area contributed by atoms with Gasteiger partial charge in [-0.2, -0.15) is 5.26 Å². The Morgan fingerprint density at radius 2 is 1.30 bits per heavy atom. The number of nitriles is 1. The van der Waals surface area contributed by atoms with E-state index in [1.807, 2.05) is 47.4 Å². The Balaban J connectivity index is 2.04. The van der Waals surface area contributed by atoms with E-state index < -0.39 is 6.89 Å². The molecule has 0 unspecified atom stereocenters. The normalized spacial score (nSPS) is 15.2. The number of aromatic nitrogens is 2. The molecule has 2 aromatic heterocycles. The number of allylic oxidation sites excluding steroid dienone is 3. The summed E-state index contributed by atoms with van der Waals surface area (Å²) >= 11 is 3.23. The fourth-order valence-electron chi connectivity index (χ4n) is 3.84. The molecule has 0 bridgehead atoms. The van der Waals surface area contributed by atoms with Crippen LogP contribution in [0.3, 0.4) is 0 Å². The lowest BCUT2D eigenvalue weighted by atomic mass is 10.2. The first-order valence-electron chi connectivity index (χ1n) is 9.35. The Morgan fingerprint density at radius 1 is 0.733 bits per heavy atom. The molecule has 0 fully saturated rings. The standard InChI is InChI=1S/C24H16N3PS2/c25-17-18-15-21(23-26-11-13-29-23)28(19-7-3-1-4-8-19,20-9-5-2-6-10-20)22(16-18)24-27-12-14-30-24/h1-16H. The monoisotopic (exact) mass is 441 g/mol. The molecule has 1 aliphatic rings. The van der Waals surface area contributed by atoms with Gasteiger partial charge in [0.2, 0.25) is 0 Å². The maximum atomic E-state index is 9.84. The fourth-order valence-corrected chi connectivity index (χ4v) is 10.3. The van der Waals surface area contributed by atoms with Crippen LogP contribution in [0, 0.1) is 11.3 Å². The third kappa shape index (κ3) is 3.02. The van der Waals surface area contributed by atoms with Crippen LogP contribution in [0.25, 0.3) is 5.31 Å². The fraction of sp³-hybridized carbons (Fsp3) is 0. The molecule has 3 nitrogen and oxygen atoms in total. The van der Waals surface area contributed by atoms with E-state index in [2.05, 4.69) is 64.6 Å². The molecule has 0 N–H and O–H groups in total. The second-order valence-electron chi connectivity index (χ2n) is 6.64. The molecular formula is C24H16N3PS2. The van der Waals surface area contributed by atoms with E-state index in [1.165, 1.54) is 10.6 Å². The Hall–Kier alpha value is -3.03. The van der Waals surface area contributed by atoms with Crippen LogP contribution in [-0.2, 0) is 0 Å². The molecule has 6 heteroatoms. The molecule has 4 aromatic rings. The van der Waals surface area contributed by atoms with Gasteiger partial charge in [-0.1, -0.05) is 60.7 Å². The second kappa shape index (κ2) is 8.01. The molecule has 3 heterocycles. The molecular weight excluding hydrogens is 425 g/mol. The van der Waals surface area contributed by atoms with Crippen molar-refractivity contribution >= 4 is 50.8 Å². The third-order valence-corrected chi connectivity index (χ3v) is 11.2. The molecule has 30 heavy (non-hydrogen) atoms. The van der Waals surface area contributed by atoms with Crippen LogP contribution >= 0.6 is 29.6 Å². The lowest BCUT2D eigenvalue weighted by Gasteiger charge is -2.34. The minimum absolute atomic E-state index is 0.632. The van der Waals surface area contributed by atoms with Crippen LogP contribution in [0.4, 0.5) is 0 Å². The van der Waals surface area contributed by atoms with Crippen molar-refractivity contribution in [1.82, 2.24) is 9.97 Å². The van der Waals surface area contributed by atoms with Crippen molar-refractivity contribution in [2.45, 2.75) is 0 Å². The summed E-state index contributed by atoms with van der Waals surface area (Å²) in [5.74, 6) is 0. The lowest BCUT2D eigenvalue weighted by Crippen LogP contribution is -2.25. The summed E-state index contributed by atoms with van der Waals surface area (Å²) in [6.45, 7) is -2.30. The molecule has 0 saturated carbocycles. The van der Waals surface area contributed by atoms with Gasteiger partial charge in [0.25, 0.3) is 0 Å². The van der Waals surface area contributed by atoms with Gasteiger partial charge in [0.15, 0.2) is 0 Å². The van der Waals surface area contributed by atoms with E-state index >= 15 is 0 Å². The SMILES string of the molecule is N#CC1=CC(c2nccs2)=P(c2ccccc2)(c2ccccc2)C(c2nccs2)=C1. The van der Waals surface area contributed by atoms with Gasteiger partial charge in [-0.3, -0.25) is 0 Å². The van der Waals surface area contributed by atoms with E-state index in [4.69, 9.17) is 0 Å². The Kier molecular flexibility index (Phi) is 5.06. The lowest BCUT2D eigenvalue weighted by molar-refractivity contribution is 1.38. The zero-order valence-corrected chi connectivity index (χ0v) is 18.4. The topological polar surface area (TPSA) is 49.6 Å². The van der Waals surface area contributed by atoms with Crippen molar-refractivity contribution in [3.63, 3.8) is 0 Å². The quantitative estimate of drug-likeness (QED) is 0.404. The van der Waals surface area contributed by atoms with Crippen molar-refractivity contribution in [2.75, 3.05) is 0 Å². The largest absolute Gasteiger partial charge is 0.244 e. The van der Waals surface area contributed by atoms with Crippen LogP contribution in [0.15, 0.2) is 102 Å². The number of hydrogen-bond acceptors (Lipinski definition) is 5. The third-order valence-electron chi connectivity index (χ3n) is 5.03. The zero-order chi connectivity index (χ0) is 20.4. The molecule has 0 atom stereocenters. The minimum atomic E-state index is -2.30. The van der Waals surface area contributed by atoms with Crippen LogP contribution < -0.4 is 10.6 Å². The van der Waals surface area contributed by atoms with Gasteiger partial charge in [-0.05, 0) is 29.6 Å². The number of nitrogens with zero attached hydrogens (tertiary/aromatic N) is 3. The summed E-state index contributed by atoms with van der Waals surface area (Å²) in [6, 6.07) is 23.6. The highest BCUT2D eigenvalue weighted by atomic mass is 32.1. The first-order chi connectivity index (χ1) is 14.8. The van der Waals surface area contributed by atoms with E-state index in [1.54, 1.807) is 22.7 Å². The van der Waals surface area contributed by atoms with Crippen molar-refractivity contribution in [3.05, 3.63) is 112 Å². The maximum absolute atomic E-state index is 9.84. The van der Waals surface area contributed by atoms with Gasteiger partial charge in [0.1, 0.15) is 10.0 Å². The maximum Gasteiger partial charge on any atom is 0.124 e. The molecule has 2 aromatic carbocycles. The van der Waals surface area contributed by atoms with Gasteiger partial charge in [0.05, 0.1) is 11.6 Å². The highest BCUT2D eigenvalue weighted by Gasteiger charge is 2.36. The zero-order valence-electron chi connectivity index (χ0n) is 15.8. The Labute approximate surface area is 183 Å². The molecule has 144 valence electrons. The van der Waals surface area contributed by atoms with E-state index in [0.717, 1.165) is 20.6 Å². The highest BCUT2D eigenvalue weighted by Crippen LogP contribution is 2.62. The molecule has 1 aliphatic heterocycles. The first-order valence-corrected chi connectivity index (χ1v) is 12.9. The minimum Gasteiger partial charge on any atom is -0.244 e. The summed E-state index contributed by atoms with van der Waals surface area (Å²) in [6.07, 6.45) is 7.73. The summed E-state index contributed by atoms with van der Waals surface area (Å²) in [4.78, 5) is 9.36. The predicted molar refractivity (Wildman–Crippen MR) is 129 cm³/mol. The Morgan fingerprint density at radius 3 is 1.80 bits per heavy atom. The van der Waals surface area contributed by atoms with Gasteiger partial charge in [-0.25, -0.2) is 9.97 Å². The summed E-state index contributed by atoms with van der Waals surface area (Å²) in [7, 11) is 0. The number of thiazole rings is 2. The smallest absolute Gasteiger partial charge is 0.124 e. The van der Waals surface area contributed by atoms with Crippen LogP contribution in [0.1, 0.15) is 10.0 Å². The molecule has 5 rings (SSSR count). The van der Waals surface area contributed by atoms with Crippen LogP contribution in [0.2, 0.25) is 0 Å².